The maximum Gasteiger partial charge on any atom is 0.338 e. The van der Waals surface area contributed by atoms with Gasteiger partial charge in [0, 0.05) is 6.54 Å². The molecule has 1 N–H and O–H groups in total. The van der Waals surface area contributed by atoms with Crippen molar-refractivity contribution >= 4 is 5.97 Å². The first-order valence-electron chi connectivity index (χ1n) is 6.24. The number of esters is 1. The van der Waals surface area contributed by atoms with E-state index in [1.807, 2.05) is 26.0 Å². The lowest BCUT2D eigenvalue weighted by atomic mass is 9.95. The molecular formula is C14H19NO2. The molecule has 1 heterocycles. The van der Waals surface area contributed by atoms with Crippen LogP contribution in [-0.2, 0) is 17.7 Å². The highest BCUT2D eigenvalue weighted by Crippen LogP contribution is 2.20. The minimum absolute atomic E-state index is 0.0138. The summed E-state index contributed by atoms with van der Waals surface area (Å²) in [4.78, 5) is 12.0. The Morgan fingerprint density at radius 3 is 3.12 bits per heavy atom. The van der Waals surface area contributed by atoms with Crippen LogP contribution in [0.2, 0.25) is 0 Å². The third kappa shape index (κ3) is 2.67. The lowest BCUT2D eigenvalue weighted by Gasteiger charge is -2.20. The van der Waals surface area contributed by atoms with Crippen LogP contribution >= 0.6 is 0 Å². The lowest BCUT2D eigenvalue weighted by molar-refractivity contribution is 0.0333. The van der Waals surface area contributed by atoms with Crippen molar-refractivity contribution in [2.24, 2.45) is 0 Å². The summed E-state index contributed by atoms with van der Waals surface area (Å²) in [6, 6.07) is 5.87. The van der Waals surface area contributed by atoms with Crippen LogP contribution < -0.4 is 5.32 Å². The van der Waals surface area contributed by atoms with Crippen LogP contribution in [0.5, 0.6) is 0 Å². The first kappa shape index (κ1) is 12.1. The number of fused-ring (bicyclic) bond motifs is 1. The van der Waals surface area contributed by atoms with E-state index in [1.54, 1.807) is 0 Å². The van der Waals surface area contributed by atoms with E-state index >= 15 is 0 Å². The first-order valence-corrected chi connectivity index (χ1v) is 6.24. The molecule has 0 saturated heterocycles. The van der Waals surface area contributed by atoms with Gasteiger partial charge in [0.2, 0.25) is 0 Å². The van der Waals surface area contributed by atoms with Crippen LogP contribution in [0.15, 0.2) is 18.2 Å². The standard InChI is InChI=1S/C14H19NO2/c1-3-10(2)17-14(16)13-6-4-5-11-9-15-8-7-12(11)13/h4-6,10,15H,3,7-9H2,1-2H3. The summed E-state index contributed by atoms with van der Waals surface area (Å²) in [6.07, 6.45) is 1.74. The topological polar surface area (TPSA) is 38.3 Å². The molecule has 92 valence electrons. The maximum atomic E-state index is 12.0. The average Bonchev–Trinajstić information content (AvgIpc) is 2.37. The molecule has 0 aliphatic carbocycles. The summed E-state index contributed by atoms with van der Waals surface area (Å²) in [5.41, 5.74) is 3.11. The molecule has 1 aliphatic heterocycles. The Balaban J connectivity index is 2.23. The molecule has 1 aromatic rings. The van der Waals surface area contributed by atoms with E-state index in [0.29, 0.717) is 0 Å². The van der Waals surface area contributed by atoms with Crippen molar-refractivity contribution in [1.82, 2.24) is 5.32 Å². The molecule has 1 aromatic carbocycles. The number of rotatable bonds is 3. The van der Waals surface area contributed by atoms with E-state index in [9.17, 15) is 4.79 Å². The molecule has 3 heteroatoms. The predicted octanol–water partition coefficient (Wildman–Crippen LogP) is 2.29. The van der Waals surface area contributed by atoms with Gasteiger partial charge < -0.3 is 10.1 Å². The van der Waals surface area contributed by atoms with Crippen LogP contribution in [-0.4, -0.2) is 18.6 Å². The molecule has 0 saturated carbocycles. The monoisotopic (exact) mass is 233 g/mol. The second-order valence-electron chi connectivity index (χ2n) is 4.49. The van der Waals surface area contributed by atoms with Crippen molar-refractivity contribution in [2.75, 3.05) is 6.54 Å². The number of carbonyl (C=O) groups excluding carboxylic acids is 1. The Labute approximate surface area is 102 Å². The van der Waals surface area contributed by atoms with Gasteiger partial charge in [0.25, 0.3) is 0 Å². The van der Waals surface area contributed by atoms with Gasteiger partial charge in [0.05, 0.1) is 11.7 Å². The zero-order chi connectivity index (χ0) is 12.3. The van der Waals surface area contributed by atoms with E-state index in [1.165, 1.54) is 5.56 Å². The molecule has 0 bridgehead atoms. The fourth-order valence-electron chi connectivity index (χ4n) is 2.05. The SMILES string of the molecule is CCC(C)OC(=O)c1cccc2c1CCNC2. The smallest absolute Gasteiger partial charge is 0.338 e. The highest BCUT2D eigenvalue weighted by molar-refractivity contribution is 5.91. The largest absolute Gasteiger partial charge is 0.459 e. The summed E-state index contributed by atoms with van der Waals surface area (Å²) >= 11 is 0. The number of hydrogen-bond acceptors (Lipinski definition) is 3. The molecule has 17 heavy (non-hydrogen) atoms. The highest BCUT2D eigenvalue weighted by atomic mass is 16.5. The van der Waals surface area contributed by atoms with Gasteiger partial charge in [-0.1, -0.05) is 19.1 Å². The molecule has 0 fully saturated rings. The third-order valence-electron chi connectivity index (χ3n) is 3.24. The number of ether oxygens (including phenoxy) is 1. The van der Waals surface area contributed by atoms with Crippen molar-refractivity contribution in [3.63, 3.8) is 0 Å². The zero-order valence-corrected chi connectivity index (χ0v) is 10.5. The molecule has 1 unspecified atom stereocenters. The fourth-order valence-corrected chi connectivity index (χ4v) is 2.05. The minimum atomic E-state index is -0.182. The van der Waals surface area contributed by atoms with Gasteiger partial charge in [-0.2, -0.15) is 0 Å². The van der Waals surface area contributed by atoms with Gasteiger partial charge in [0.1, 0.15) is 0 Å². The van der Waals surface area contributed by atoms with Crippen LogP contribution in [0.25, 0.3) is 0 Å². The van der Waals surface area contributed by atoms with E-state index in [2.05, 4.69) is 11.4 Å². The second-order valence-corrected chi connectivity index (χ2v) is 4.49. The molecular weight excluding hydrogens is 214 g/mol. The number of carbonyl (C=O) groups is 1. The van der Waals surface area contributed by atoms with E-state index in [0.717, 1.165) is 37.1 Å². The van der Waals surface area contributed by atoms with Crippen LogP contribution in [0.4, 0.5) is 0 Å². The number of benzene rings is 1. The number of nitrogens with one attached hydrogen (secondary N) is 1. The molecule has 3 nitrogen and oxygen atoms in total. The van der Waals surface area contributed by atoms with Gasteiger partial charge in [0.15, 0.2) is 0 Å². The molecule has 1 aliphatic rings. The summed E-state index contributed by atoms with van der Waals surface area (Å²) in [5.74, 6) is -0.182. The Morgan fingerprint density at radius 1 is 1.53 bits per heavy atom. The predicted molar refractivity (Wildman–Crippen MR) is 67.0 cm³/mol. The molecule has 0 aromatic heterocycles. The van der Waals surface area contributed by atoms with Crippen molar-refractivity contribution < 1.29 is 9.53 Å². The molecule has 1 atom stereocenters. The quantitative estimate of drug-likeness (QED) is 0.814. The van der Waals surface area contributed by atoms with Gasteiger partial charge in [-0.05, 0) is 43.5 Å². The summed E-state index contributed by atoms with van der Waals surface area (Å²) in [5, 5.41) is 3.31. The number of hydrogen-bond donors (Lipinski definition) is 1. The summed E-state index contributed by atoms with van der Waals surface area (Å²) < 4.78 is 5.39. The first-order chi connectivity index (χ1) is 8.22. The van der Waals surface area contributed by atoms with E-state index in [4.69, 9.17) is 4.74 Å². The molecule has 0 radical (unpaired) electrons. The normalized spacial score (nSPS) is 16.1. The maximum absolute atomic E-state index is 12.0. The Bertz CT molecular complexity index is 415. The fraction of sp³-hybridized carbons (Fsp3) is 0.500. The summed E-state index contributed by atoms with van der Waals surface area (Å²) in [6.45, 7) is 5.72. The van der Waals surface area contributed by atoms with Crippen molar-refractivity contribution in [3.8, 4) is 0 Å². The van der Waals surface area contributed by atoms with Gasteiger partial charge >= 0.3 is 5.97 Å². The van der Waals surface area contributed by atoms with Gasteiger partial charge in [-0.15, -0.1) is 0 Å². The van der Waals surface area contributed by atoms with Crippen LogP contribution in [0, 0.1) is 0 Å². The molecule has 0 spiro atoms. The van der Waals surface area contributed by atoms with Gasteiger partial charge in [-0.25, -0.2) is 4.79 Å². The third-order valence-corrected chi connectivity index (χ3v) is 3.24. The second kappa shape index (κ2) is 5.32. The molecule has 2 rings (SSSR count). The Kier molecular flexibility index (Phi) is 3.79. The van der Waals surface area contributed by atoms with Crippen LogP contribution in [0.3, 0.4) is 0 Å². The van der Waals surface area contributed by atoms with Crippen molar-refractivity contribution in [3.05, 3.63) is 34.9 Å². The van der Waals surface area contributed by atoms with Crippen molar-refractivity contribution in [2.45, 2.75) is 39.3 Å². The van der Waals surface area contributed by atoms with Crippen LogP contribution in [0.1, 0.15) is 41.8 Å². The Morgan fingerprint density at radius 2 is 2.35 bits per heavy atom. The van der Waals surface area contributed by atoms with Gasteiger partial charge in [-0.3, -0.25) is 0 Å². The highest BCUT2D eigenvalue weighted by Gasteiger charge is 2.19. The van der Waals surface area contributed by atoms with E-state index in [-0.39, 0.29) is 12.1 Å². The van der Waals surface area contributed by atoms with E-state index < -0.39 is 0 Å². The van der Waals surface area contributed by atoms with Crippen molar-refractivity contribution in [1.29, 1.82) is 0 Å². The Hall–Kier alpha value is -1.35. The molecule has 0 amide bonds. The minimum Gasteiger partial charge on any atom is -0.459 e. The lowest BCUT2D eigenvalue weighted by Crippen LogP contribution is -2.26. The average molecular weight is 233 g/mol. The zero-order valence-electron chi connectivity index (χ0n) is 10.5. The summed E-state index contributed by atoms with van der Waals surface area (Å²) in [7, 11) is 0.